The molecule has 0 bridgehead atoms. The minimum absolute atomic E-state index is 0.0193. The molecule has 110 valence electrons. The first-order valence-electron chi connectivity index (χ1n) is 6.68. The molecule has 0 radical (unpaired) electrons. The van der Waals surface area contributed by atoms with Gasteiger partial charge >= 0.3 is 0 Å². The molecule has 2 aromatic heterocycles. The molecule has 3 rings (SSSR count). The number of aromatic amines is 1. The highest BCUT2D eigenvalue weighted by atomic mass is 35.5. The zero-order valence-electron chi connectivity index (χ0n) is 11.2. The monoisotopic (exact) mass is 341 g/mol. The van der Waals surface area contributed by atoms with E-state index < -0.39 is 0 Å². The van der Waals surface area contributed by atoms with Gasteiger partial charge < -0.3 is 4.98 Å². The molecule has 7 heteroatoms. The molecule has 4 nitrogen and oxygen atoms in total. The van der Waals surface area contributed by atoms with Gasteiger partial charge in [-0.2, -0.15) is 0 Å². The van der Waals surface area contributed by atoms with Gasteiger partial charge in [0.15, 0.2) is 5.16 Å². The van der Waals surface area contributed by atoms with Crippen molar-refractivity contribution in [2.45, 2.75) is 36.6 Å². The Morgan fingerprint density at radius 3 is 2.67 bits per heavy atom. The highest BCUT2D eigenvalue weighted by Gasteiger charge is 2.16. The van der Waals surface area contributed by atoms with Crippen LogP contribution in [0.1, 0.15) is 29.7 Å². The Labute approximate surface area is 136 Å². The van der Waals surface area contributed by atoms with Crippen LogP contribution in [-0.2, 0) is 18.6 Å². The highest BCUT2D eigenvalue weighted by molar-refractivity contribution is 7.98. The van der Waals surface area contributed by atoms with Crippen molar-refractivity contribution in [1.82, 2.24) is 15.0 Å². The van der Waals surface area contributed by atoms with Crippen LogP contribution in [0.4, 0.5) is 0 Å². The van der Waals surface area contributed by atoms with Gasteiger partial charge in [-0.1, -0.05) is 35.0 Å². The molecule has 1 aliphatic carbocycles. The van der Waals surface area contributed by atoms with Crippen LogP contribution in [0, 0.1) is 0 Å². The van der Waals surface area contributed by atoms with Gasteiger partial charge in [0.25, 0.3) is 5.56 Å². The number of aryl methyl sites for hydroxylation is 1. The van der Waals surface area contributed by atoms with Gasteiger partial charge in [-0.3, -0.25) is 9.78 Å². The summed E-state index contributed by atoms with van der Waals surface area (Å²) >= 11 is 13.6. The van der Waals surface area contributed by atoms with Gasteiger partial charge in [0.1, 0.15) is 0 Å². The Hall–Kier alpha value is -1.04. The summed E-state index contributed by atoms with van der Waals surface area (Å²) in [6, 6.07) is 0. The number of halogens is 2. The van der Waals surface area contributed by atoms with E-state index in [4.69, 9.17) is 23.2 Å². The van der Waals surface area contributed by atoms with Gasteiger partial charge in [-0.05, 0) is 25.7 Å². The summed E-state index contributed by atoms with van der Waals surface area (Å²) in [6.45, 7) is 0. The van der Waals surface area contributed by atoms with Crippen molar-refractivity contribution in [1.29, 1.82) is 0 Å². The normalized spacial score (nSPS) is 14.0. The number of nitrogens with one attached hydrogen (secondary N) is 1. The molecule has 0 fully saturated rings. The number of aromatic nitrogens is 3. The Morgan fingerprint density at radius 2 is 1.90 bits per heavy atom. The maximum Gasteiger partial charge on any atom is 0.254 e. The summed E-state index contributed by atoms with van der Waals surface area (Å²) in [5, 5.41) is 1.66. The molecule has 0 aliphatic heterocycles. The average Bonchev–Trinajstić information content (AvgIpc) is 2.47. The van der Waals surface area contributed by atoms with Gasteiger partial charge in [0.2, 0.25) is 0 Å². The van der Waals surface area contributed by atoms with Crippen molar-refractivity contribution in [2.75, 3.05) is 0 Å². The zero-order chi connectivity index (χ0) is 14.8. The van der Waals surface area contributed by atoms with Crippen molar-refractivity contribution < 1.29 is 0 Å². The Balaban J connectivity index is 1.83. The number of nitrogens with zero attached hydrogens (tertiary/aromatic N) is 2. The van der Waals surface area contributed by atoms with Gasteiger partial charge in [0, 0.05) is 29.3 Å². The maximum absolute atomic E-state index is 12.1. The van der Waals surface area contributed by atoms with Crippen LogP contribution in [0.15, 0.2) is 22.3 Å². The molecule has 0 spiro atoms. The standard InChI is InChI=1S/C14H13Cl2N3OS/c15-10-5-17-6-11(16)9(10)7-21-14-18-12-4-2-1-3-8(12)13(20)19-14/h5-6H,1-4,7H2,(H,18,19,20). The van der Waals surface area contributed by atoms with E-state index in [1.54, 1.807) is 12.4 Å². The van der Waals surface area contributed by atoms with Crippen molar-refractivity contribution in [2.24, 2.45) is 0 Å². The third-order valence-electron chi connectivity index (χ3n) is 3.48. The second kappa shape index (κ2) is 6.38. The number of pyridine rings is 1. The summed E-state index contributed by atoms with van der Waals surface area (Å²) < 4.78 is 0. The van der Waals surface area contributed by atoms with E-state index in [1.807, 2.05) is 0 Å². The molecule has 2 heterocycles. The summed E-state index contributed by atoms with van der Waals surface area (Å²) in [7, 11) is 0. The third kappa shape index (κ3) is 3.25. The van der Waals surface area contributed by atoms with Crippen LogP contribution >= 0.6 is 35.0 Å². The van der Waals surface area contributed by atoms with Crippen LogP contribution in [0.5, 0.6) is 0 Å². The molecule has 0 saturated carbocycles. The lowest BCUT2D eigenvalue weighted by Gasteiger charge is -2.14. The molecule has 1 aliphatic rings. The van der Waals surface area contributed by atoms with E-state index in [9.17, 15) is 4.79 Å². The van der Waals surface area contributed by atoms with E-state index in [-0.39, 0.29) is 5.56 Å². The fourth-order valence-corrected chi connectivity index (χ4v) is 3.95. The predicted octanol–water partition coefficient (Wildman–Crippen LogP) is 3.64. The fraction of sp³-hybridized carbons (Fsp3) is 0.357. The van der Waals surface area contributed by atoms with Crippen LogP contribution in [0.25, 0.3) is 0 Å². The summed E-state index contributed by atoms with van der Waals surface area (Å²) in [5.41, 5.74) is 2.55. The second-order valence-electron chi connectivity index (χ2n) is 4.87. The number of fused-ring (bicyclic) bond motifs is 1. The Kier molecular flexibility index (Phi) is 4.52. The first-order valence-corrected chi connectivity index (χ1v) is 8.42. The summed E-state index contributed by atoms with van der Waals surface area (Å²) in [4.78, 5) is 23.4. The molecule has 2 aromatic rings. The topological polar surface area (TPSA) is 58.6 Å². The molecule has 1 N–H and O–H groups in total. The van der Waals surface area contributed by atoms with Crippen molar-refractivity contribution in [3.63, 3.8) is 0 Å². The van der Waals surface area contributed by atoms with Gasteiger partial charge in [-0.15, -0.1) is 0 Å². The molecule has 0 unspecified atom stereocenters. The van der Waals surface area contributed by atoms with E-state index in [0.29, 0.717) is 21.0 Å². The van der Waals surface area contributed by atoms with E-state index in [2.05, 4.69) is 15.0 Å². The zero-order valence-corrected chi connectivity index (χ0v) is 13.5. The summed E-state index contributed by atoms with van der Waals surface area (Å²) in [6.07, 6.45) is 6.98. The van der Waals surface area contributed by atoms with Crippen LogP contribution < -0.4 is 5.56 Å². The van der Waals surface area contributed by atoms with Gasteiger partial charge in [-0.25, -0.2) is 4.98 Å². The van der Waals surface area contributed by atoms with E-state index in [1.165, 1.54) is 11.8 Å². The van der Waals surface area contributed by atoms with Crippen LogP contribution in [0.3, 0.4) is 0 Å². The molecule has 21 heavy (non-hydrogen) atoms. The molecule has 0 amide bonds. The first-order chi connectivity index (χ1) is 10.1. The van der Waals surface area contributed by atoms with Gasteiger partial charge in [0.05, 0.1) is 15.7 Å². The SMILES string of the molecule is O=c1[nH]c(SCc2c(Cl)cncc2Cl)nc2c1CCCC2. The van der Waals surface area contributed by atoms with E-state index in [0.717, 1.165) is 42.5 Å². The number of H-pyrrole nitrogens is 1. The number of thioether (sulfide) groups is 1. The average molecular weight is 342 g/mol. The second-order valence-corrected chi connectivity index (χ2v) is 6.65. The minimum atomic E-state index is -0.0193. The largest absolute Gasteiger partial charge is 0.301 e. The number of rotatable bonds is 3. The van der Waals surface area contributed by atoms with E-state index >= 15 is 0 Å². The Bertz CT molecular complexity index is 712. The fourth-order valence-electron chi connectivity index (χ4n) is 2.37. The maximum atomic E-state index is 12.1. The molecule has 0 atom stereocenters. The molecular weight excluding hydrogens is 329 g/mol. The lowest BCUT2D eigenvalue weighted by Crippen LogP contribution is -2.21. The highest BCUT2D eigenvalue weighted by Crippen LogP contribution is 2.29. The smallest absolute Gasteiger partial charge is 0.254 e. The number of hydrogen-bond acceptors (Lipinski definition) is 4. The lowest BCUT2D eigenvalue weighted by molar-refractivity contribution is 0.641. The van der Waals surface area contributed by atoms with Crippen molar-refractivity contribution in [3.05, 3.63) is 49.6 Å². The Morgan fingerprint density at radius 1 is 1.19 bits per heavy atom. The van der Waals surface area contributed by atoms with Crippen molar-refractivity contribution >= 4 is 35.0 Å². The summed E-state index contributed by atoms with van der Waals surface area (Å²) in [5.74, 6) is 0.544. The molecule has 0 saturated heterocycles. The third-order valence-corrected chi connectivity index (χ3v) is 5.03. The van der Waals surface area contributed by atoms with Crippen LogP contribution in [0.2, 0.25) is 10.0 Å². The number of hydrogen-bond donors (Lipinski definition) is 1. The first kappa shape index (κ1) is 14.9. The lowest BCUT2D eigenvalue weighted by atomic mass is 9.97. The van der Waals surface area contributed by atoms with Crippen LogP contribution in [-0.4, -0.2) is 15.0 Å². The quantitative estimate of drug-likeness (QED) is 0.683. The van der Waals surface area contributed by atoms with Crippen molar-refractivity contribution in [3.8, 4) is 0 Å². The predicted molar refractivity (Wildman–Crippen MR) is 85.3 cm³/mol. The minimum Gasteiger partial charge on any atom is -0.301 e. The molecule has 0 aromatic carbocycles. The molecular formula is C14H13Cl2N3OS.